The zero-order valence-electron chi connectivity index (χ0n) is 29.0. The fourth-order valence-corrected chi connectivity index (χ4v) is 4.84. The van der Waals surface area contributed by atoms with Crippen LogP contribution in [0.2, 0.25) is 0 Å². The molecule has 0 aliphatic heterocycles. The summed E-state index contributed by atoms with van der Waals surface area (Å²) in [5, 5.41) is 15.5. The summed E-state index contributed by atoms with van der Waals surface area (Å²) < 4.78 is 11.1. The second-order valence-corrected chi connectivity index (χ2v) is 14.2. The molecule has 3 N–H and O–H groups in total. The number of carbonyl (C=O) groups is 4. The highest BCUT2D eigenvalue weighted by molar-refractivity contribution is 5.94. The fourth-order valence-electron chi connectivity index (χ4n) is 4.84. The predicted molar refractivity (Wildman–Crippen MR) is 178 cm³/mol. The average Bonchev–Trinajstić information content (AvgIpc) is 2.93. The zero-order chi connectivity index (χ0) is 34.8. The third-order valence-electron chi connectivity index (χ3n) is 7.02. The Morgan fingerprint density at radius 2 is 1.35 bits per heavy atom. The van der Waals surface area contributed by atoms with Crippen LogP contribution in [0.15, 0.2) is 54.6 Å². The summed E-state index contributed by atoms with van der Waals surface area (Å²) in [6, 6.07) is 11.5. The maximum Gasteiger partial charge on any atom is 0.408 e. The van der Waals surface area contributed by atoms with Crippen LogP contribution in [0.5, 0.6) is 5.75 Å². The number of phenolic OH excluding ortho intramolecular Hbond substituents is 1. The summed E-state index contributed by atoms with van der Waals surface area (Å²) in [6.07, 6.45) is 0.750. The number of aromatic hydroxyl groups is 1. The third kappa shape index (κ3) is 12.7. The lowest BCUT2D eigenvalue weighted by Crippen LogP contribution is -2.56. The van der Waals surface area contributed by atoms with Crippen LogP contribution in [0, 0.1) is 5.92 Å². The van der Waals surface area contributed by atoms with Crippen LogP contribution in [0.1, 0.15) is 99.2 Å². The van der Waals surface area contributed by atoms with E-state index in [1.807, 2.05) is 37.3 Å². The lowest BCUT2D eigenvalue weighted by Gasteiger charge is -2.38. The standard InChI is InChI=1S/C36H53N3O7/c1-23(2)16-17-24(3)39(32(42)25(4)37-34(44)46-36(8,9)10)30(27-18-20-28(40)21-19-27)31(41)38-29(33(43)45-35(5,6)7)22-26-14-12-11-13-15-26/h11-15,18-21,23-25,29-30,40H,16-17,22H2,1-10H3,(H,37,44)(H,38,41). The molecule has 4 atom stereocenters. The Kier molecular flexibility index (Phi) is 13.6. The highest BCUT2D eigenvalue weighted by atomic mass is 16.6. The molecule has 46 heavy (non-hydrogen) atoms. The summed E-state index contributed by atoms with van der Waals surface area (Å²) in [7, 11) is 0. The lowest BCUT2D eigenvalue weighted by atomic mass is 9.96. The van der Waals surface area contributed by atoms with Gasteiger partial charge in [0.2, 0.25) is 11.8 Å². The Hall–Kier alpha value is -4.08. The molecule has 0 spiro atoms. The van der Waals surface area contributed by atoms with Crippen LogP contribution in [-0.2, 0) is 30.3 Å². The highest BCUT2D eigenvalue weighted by Gasteiger charge is 2.39. The Balaban J connectivity index is 2.60. The van der Waals surface area contributed by atoms with Crippen LogP contribution < -0.4 is 10.6 Å². The normalized spacial score (nSPS) is 14.4. The Morgan fingerprint density at radius 1 is 0.783 bits per heavy atom. The lowest BCUT2D eigenvalue weighted by molar-refractivity contribution is -0.159. The number of hydrogen-bond donors (Lipinski definition) is 3. The first-order valence-corrected chi connectivity index (χ1v) is 15.9. The number of hydrogen-bond acceptors (Lipinski definition) is 7. The Morgan fingerprint density at radius 3 is 1.87 bits per heavy atom. The SMILES string of the molecule is CC(C)CCC(C)N(C(=O)C(C)NC(=O)OC(C)(C)C)C(C(=O)NC(Cc1ccccc1)C(=O)OC(C)(C)C)c1ccc(O)cc1. The summed E-state index contributed by atoms with van der Waals surface area (Å²) in [5.74, 6) is -1.40. The number of carbonyl (C=O) groups excluding carboxylic acids is 4. The van der Waals surface area contributed by atoms with Gasteiger partial charge >= 0.3 is 12.1 Å². The predicted octanol–water partition coefficient (Wildman–Crippen LogP) is 6.07. The number of phenols is 1. The molecule has 2 aromatic rings. The van der Waals surface area contributed by atoms with Gasteiger partial charge in [0.15, 0.2) is 0 Å². The van der Waals surface area contributed by atoms with Gasteiger partial charge in [-0.15, -0.1) is 0 Å². The van der Waals surface area contributed by atoms with Crippen molar-refractivity contribution in [1.29, 1.82) is 0 Å². The molecule has 0 saturated heterocycles. The largest absolute Gasteiger partial charge is 0.508 e. The maximum atomic E-state index is 14.4. The molecule has 2 aromatic carbocycles. The van der Waals surface area contributed by atoms with E-state index in [0.717, 1.165) is 12.0 Å². The number of ether oxygens (including phenoxy) is 2. The molecule has 254 valence electrons. The number of alkyl carbamates (subject to hydrolysis) is 1. The molecule has 0 aliphatic rings. The first-order chi connectivity index (χ1) is 21.3. The smallest absolute Gasteiger partial charge is 0.408 e. The molecule has 10 nitrogen and oxygen atoms in total. The van der Waals surface area contributed by atoms with Gasteiger partial charge in [0.1, 0.15) is 35.1 Å². The van der Waals surface area contributed by atoms with E-state index in [4.69, 9.17) is 9.47 Å². The number of nitrogens with zero attached hydrogens (tertiary/aromatic N) is 1. The molecule has 0 fully saturated rings. The molecule has 0 heterocycles. The van der Waals surface area contributed by atoms with Crippen LogP contribution >= 0.6 is 0 Å². The third-order valence-corrected chi connectivity index (χ3v) is 7.02. The van der Waals surface area contributed by atoms with Crippen molar-refractivity contribution in [2.75, 3.05) is 0 Å². The first kappa shape index (κ1) is 38.1. The molecule has 0 saturated carbocycles. The van der Waals surface area contributed by atoms with Gasteiger partial charge in [-0.1, -0.05) is 56.3 Å². The number of esters is 1. The van der Waals surface area contributed by atoms with Gasteiger partial charge in [0, 0.05) is 12.5 Å². The van der Waals surface area contributed by atoms with Crippen molar-refractivity contribution in [1.82, 2.24) is 15.5 Å². The highest BCUT2D eigenvalue weighted by Crippen LogP contribution is 2.29. The van der Waals surface area contributed by atoms with Gasteiger partial charge in [-0.25, -0.2) is 9.59 Å². The Labute approximate surface area is 274 Å². The monoisotopic (exact) mass is 639 g/mol. The molecule has 0 aromatic heterocycles. The van der Waals surface area contributed by atoms with Crippen molar-refractivity contribution in [3.8, 4) is 5.75 Å². The topological polar surface area (TPSA) is 134 Å². The van der Waals surface area contributed by atoms with E-state index in [9.17, 15) is 24.3 Å². The molecule has 10 heteroatoms. The summed E-state index contributed by atoms with van der Waals surface area (Å²) in [6.45, 7) is 18.0. The quantitative estimate of drug-likeness (QED) is 0.227. The number of rotatable bonds is 13. The number of amides is 3. The van der Waals surface area contributed by atoms with Crippen molar-refractivity contribution < 1.29 is 33.8 Å². The minimum absolute atomic E-state index is 0.00990. The minimum Gasteiger partial charge on any atom is -0.508 e. The second-order valence-electron chi connectivity index (χ2n) is 14.2. The van der Waals surface area contributed by atoms with Crippen molar-refractivity contribution in [2.45, 2.75) is 124 Å². The van der Waals surface area contributed by atoms with Gasteiger partial charge in [0.25, 0.3) is 0 Å². The average molecular weight is 640 g/mol. The van der Waals surface area contributed by atoms with Gasteiger partial charge < -0.3 is 30.1 Å². The van der Waals surface area contributed by atoms with Crippen molar-refractivity contribution >= 4 is 23.9 Å². The van der Waals surface area contributed by atoms with E-state index < -0.39 is 59.2 Å². The molecular formula is C36H53N3O7. The fraction of sp³-hybridized carbons (Fsp3) is 0.556. The van der Waals surface area contributed by atoms with Gasteiger partial charge in [0.05, 0.1) is 0 Å². The van der Waals surface area contributed by atoms with E-state index in [-0.39, 0.29) is 12.2 Å². The van der Waals surface area contributed by atoms with E-state index >= 15 is 0 Å². The van der Waals surface area contributed by atoms with Crippen molar-refractivity contribution in [2.24, 2.45) is 5.92 Å². The van der Waals surface area contributed by atoms with E-state index in [0.29, 0.717) is 17.9 Å². The van der Waals surface area contributed by atoms with E-state index in [1.54, 1.807) is 60.6 Å². The van der Waals surface area contributed by atoms with E-state index in [1.165, 1.54) is 17.0 Å². The second kappa shape index (κ2) is 16.5. The van der Waals surface area contributed by atoms with Crippen LogP contribution in [0.3, 0.4) is 0 Å². The molecule has 0 aliphatic carbocycles. The Bertz CT molecular complexity index is 1300. The minimum atomic E-state index is -1.21. The van der Waals surface area contributed by atoms with Gasteiger partial charge in [-0.05, 0) is 97.4 Å². The van der Waals surface area contributed by atoms with Crippen molar-refractivity contribution in [3.63, 3.8) is 0 Å². The number of nitrogens with one attached hydrogen (secondary N) is 2. The molecule has 4 unspecified atom stereocenters. The van der Waals surface area contributed by atoms with Gasteiger partial charge in [-0.2, -0.15) is 0 Å². The van der Waals surface area contributed by atoms with Crippen molar-refractivity contribution in [3.05, 3.63) is 65.7 Å². The molecule has 3 amide bonds. The van der Waals surface area contributed by atoms with Gasteiger partial charge in [-0.3, -0.25) is 9.59 Å². The molecule has 2 rings (SSSR count). The van der Waals surface area contributed by atoms with Crippen LogP contribution in [-0.4, -0.2) is 63.2 Å². The summed E-state index contributed by atoms with van der Waals surface area (Å²) in [4.78, 5) is 56.2. The molecule has 0 bridgehead atoms. The maximum absolute atomic E-state index is 14.4. The van der Waals surface area contributed by atoms with E-state index in [2.05, 4.69) is 24.5 Å². The van der Waals surface area contributed by atoms with Crippen LogP contribution in [0.4, 0.5) is 4.79 Å². The summed E-state index contributed by atoms with van der Waals surface area (Å²) >= 11 is 0. The molecular weight excluding hydrogens is 586 g/mol. The first-order valence-electron chi connectivity index (χ1n) is 15.9. The molecule has 0 radical (unpaired) electrons. The summed E-state index contributed by atoms with van der Waals surface area (Å²) in [5.41, 5.74) is -0.343. The zero-order valence-corrected chi connectivity index (χ0v) is 29.0. The number of benzene rings is 2. The van der Waals surface area contributed by atoms with Crippen LogP contribution in [0.25, 0.3) is 0 Å².